The third kappa shape index (κ3) is 4.16. The summed E-state index contributed by atoms with van der Waals surface area (Å²) < 4.78 is 13.0. The molecule has 2 aromatic carbocycles. The second-order valence-electron chi connectivity index (χ2n) is 5.92. The molecule has 0 fully saturated rings. The highest BCUT2D eigenvalue weighted by Gasteiger charge is 2.22. The quantitative estimate of drug-likeness (QED) is 0.637. The van der Waals surface area contributed by atoms with Crippen molar-refractivity contribution in [3.8, 4) is 6.07 Å². The highest BCUT2D eigenvalue weighted by Crippen LogP contribution is 2.30. The summed E-state index contributed by atoms with van der Waals surface area (Å²) in [5.41, 5.74) is 3.15. The number of halogens is 1. The molecule has 0 bridgehead atoms. The van der Waals surface area contributed by atoms with E-state index in [-0.39, 0.29) is 18.3 Å². The number of fused-ring (bicyclic) bond motifs is 1. The molecule has 26 heavy (non-hydrogen) atoms. The van der Waals surface area contributed by atoms with E-state index in [0.29, 0.717) is 22.9 Å². The first-order valence-electron chi connectivity index (χ1n) is 8.20. The van der Waals surface area contributed by atoms with Gasteiger partial charge in [-0.05, 0) is 67.0 Å². The Hall–Kier alpha value is -2.98. The number of nitriles is 1. The Kier molecular flexibility index (Phi) is 5.44. The molecule has 0 saturated heterocycles. The maximum absolute atomic E-state index is 13.0. The Morgan fingerprint density at radius 2 is 1.85 bits per heavy atom. The van der Waals surface area contributed by atoms with Gasteiger partial charge in [0.25, 0.3) is 0 Å². The van der Waals surface area contributed by atoms with Crippen LogP contribution in [0, 0.1) is 17.1 Å². The average molecular weight is 368 g/mol. The number of hydrogen-bond donors (Lipinski definition) is 2. The molecule has 0 spiro atoms. The van der Waals surface area contributed by atoms with E-state index >= 15 is 0 Å². The fraction of sp³-hybridized carbons (Fsp3) is 0.211. The molecule has 0 aromatic heterocycles. The van der Waals surface area contributed by atoms with Crippen LogP contribution in [0.2, 0.25) is 0 Å². The number of nitrogens with zero attached hydrogens (tertiary/aromatic N) is 2. The Bertz CT molecular complexity index is 876. The number of rotatable bonds is 3. The standard InChI is InChI=1S/C19H17FN4OS/c20-14-5-8-15(9-6-14)22-19(26)23-16-7-4-13-2-1-3-18(25)24(11-10-21)17(13)12-16/h4-9,12H,1-3,11H2,(H2,22,23,26). The van der Waals surface area contributed by atoms with E-state index < -0.39 is 0 Å². The summed E-state index contributed by atoms with van der Waals surface area (Å²) in [6.07, 6.45) is 2.00. The lowest BCUT2D eigenvalue weighted by Crippen LogP contribution is -2.30. The number of anilines is 3. The smallest absolute Gasteiger partial charge is 0.227 e. The van der Waals surface area contributed by atoms with Crippen molar-refractivity contribution in [1.82, 2.24) is 0 Å². The van der Waals surface area contributed by atoms with Crippen LogP contribution >= 0.6 is 12.2 Å². The summed E-state index contributed by atoms with van der Waals surface area (Å²) >= 11 is 5.29. The van der Waals surface area contributed by atoms with Crippen LogP contribution in [0.3, 0.4) is 0 Å². The van der Waals surface area contributed by atoms with Crippen molar-refractivity contribution in [3.63, 3.8) is 0 Å². The number of hydrogen-bond acceptors (Lipinski definition) is 3. The summed E-state index contributed by atoms with van der Waals surface area (Å²) in [5.74, 6) is -0.364. The molecule has 2 aromatic rings. The molecule has 1 aliphatic rings. The van der Waals surface area contributed by atoms with Gasteiger partial charge in [-0.1, -0.05) is 6.07 Å². The minimum Gasteiger partial charge on any atom is -0.332 e. The zero-order valence-electron chi connectivity index (χ0n) is 14.0. The first-order valence-corrected chi connectivity index (χ1v) is 8.61. The van der Waals surface area contributed by atoms with Gasteiger partial charge in [0.2, 0.25) is 5.91 Å². The van der Waals surface area contributed by atoms with Crippen molar-refractivity contribution in [3.05, 3.63) is 53.8 Å². The summed E-state index contributed by atoms with van der Waals surface area (Å²) in [7, 11) is 0. The van der Waals surface area contributed by atoms with Gasteiger partial charge in [0.05, 0.1) is 11.8 Å². The predicted molar refractivity (Wildman–Crippen MR) is 104 cm³/mol. The molecule has 0 unspecified atom stereocenters. The number of aryl methyl sites for hydroxylation is 1. The number of thiocarbonyl (C=S) groups is 1. The molecule has 7 heteroatoms. The summed E-state index contributed by atoms with van der Waals surface area (Å²) in [6.45, 7) is 0.0214. The van der Waals surface area contributed by atoms with Crippen LogP contribution in [-0.4, -0.2) is 17.6 Å². The number of carbonyl (C=O) groups is 1. The van der Waals surface area contributed by atoms with Crippen molar-refractivity contribution in [2.24, 2.45) is 0 Å². The first kappa shape index (κ1) is 17.8. The molecule has 2 N–H and O–H groups in total. The van der Waals surface area contributed by atoms with Gasteiger partial charge >= 0.3 is 0 Å². The van der Waals surface area contributed by atoms with Gasteiger partial charge in [-0.25, -0.2) is 4.39 Å². The maximum Gasteiger partial charge on any atom is 0.227 e. The molecule has 0 aliphatic carbocycles. The van der Waals surface area contributed by atoms with E-state index in [1.165, 1.54) is 17.0 Å². The van der Waals surface area contributed by atoms with Crippen molar-refractivity contribution in [2.75, 3.05) is 22.1 Å². The lowest BCUT2D eigenvalue weighted by atomic mass is 10.1. The topological polar surface area (TPSA) is 68.2 Å². The Morgan fingerprint density at radius 3 is 2.58 bits per heavy atom. The zero-order valence-corrected chi connectivity index (χ0v) is 14.8. The van der Waals surface area contributed by atoms with Gasteiger partial charge in [0, 0.05) is 17.8 Å². The molecule has 1 heterocycles. The number of benzene rings is 2. The highest BCUT2D eigenvalue weighted by atomic mass is 32.1. The SMILES string of the molecule is N#CCN1C(=O)CCCc2ccc(NC(=S)Nc3ccc(F)cc3)cc21. The summed E-state index contributed by atoms with van der Waals surface area (Å²) in [6, 6.07) is 13.6. The molecular formula is C19H17FN4OS. The van der Waals surface area contributed by atoms with Gasteiger partial charge in [-0.15, -0.1) is 0 Å². The molecule has 5 nitrogen and oxygen atoms in total. The first-order chi connectivity index (χ1) is 12.6. The van der Waals surface area contributed by atoms with Crippen molar-refractivity contribution in [2.45, 2.75) is 19.3 Å². The second kappa shape index (κ2) is 7.93. The van der Waals surface area contributed by atoms with Crippen molar-refractivity contribution in [1.29, 1.82) is 5.26 Å². The van der Waals surface area contributed by atoms with Gasteiger partial charge in [-0.3, -0.25) is 9.69 Å². The molecule has 0 atom stereocenters. The van der Waals surface area contributed by atoms with Crippen molar-refractivity contribution >= 4 is 40.3 Å². The molecule has 1 aliphatic heterocycles. The predicted octanol–water partition coefficient (Wildman–Crippen LogP) is 3.83. The third-order valence-corrected chi connectivity index (χ3v) is 4.31. The highest BCUT2D eigenvalue weighted by molar-refractivity contribution is 7.80. The Balaban J connectivity index is 1.78. The lowest BCUT2D eigenvalue weighted by Gasteiger charge is -2.21. The minimum absolute atomic E-state index is 0.0214. The Morgan fingerprint density at radius 1 is 1.15 bits per heavy atom. The minimum atomic E-state index is -0.317. The van der Waals surface area contributed by atoms with Crippen molar-refractivity contribution < 1.29 is 9.18 Å². The van der Waals surface area contributed by atoms with Gasteiger partial charge in [0.1, 0.15) is 12.4 Å². The maximum atomic E-state index is 13.0. The van der Waals surface area contributed by atoms with E-state index in [4.69, 9.17) is 17.5 Å². The second-order valence-corrected chi connectivity index (χ2v) is 6.33. The molecule has 132 valence electrons. The van der Waals surface area contributed by atoms with E-state index in [9.17, 15) is 9.18 Å². The molecule has 1 amide bonds. The molecule has 0 radical (unpaired) electrons. The fourth-order valence-corrected chi connectivity index (χ4v) is 3.11. The van der Waals surface area contributed by atoms with Gasteiger partial charge in [0.15, 0.2) is 5.11 Å². The van der Waals surface area contributed by atoms with Gasteiger partial charge < -0.3 is 10.6 Å². The third-order valence-electron chi connectivity index (χ3n) is 4.10. The summed E-state index contributed by atoms with van der Waals surface area (Å²) in [4.78, 5) is 13.8. The van der Waals surface area contributed by atoms with Gasteiger partial charge in [-0.2, -0.15) is 5.26 Å². The van der Waals surface area contributed by atoms with Crippen LogP contribution in [0.1, 0.15) is 18.4 Å². The van der Waals surface area contributed by atoms with Crippen LogP contribution in [0.25, 0.3) is 0 Å². The molecule has 0 saturated carbocycles. The summed E-state index contributed by atoms with van der Waals surface area (Å²) in [5, 5.41) is 15.4. The number of carbonyl (C=O) groups excluding carboxylic acids is 1. The van der Waals surface area contributed by atoms with E-state index in [1.54, 1.807) is 12.1 Å². The van der Waals surface area contributed by atoms with Crippen LogP contribution in [0.4, 0.5) is 21.5 Å². The van der Waals surface area contributed by atoms with E-state index in [2.05, 4.69) is 10.6 Å². The molecule has 3 rings (SSSR count). The fourth-order valence-electron chi connectivity index (χ4n) is 2.87. The van der Waals surface area contributed by atoms with Crippen LogP contribution in [0.15, 0.2) is 42.5 Å². The van der Waals surface area contributed by atoms with E-state index in [0.717, 1.165) is 24.1 Å². The monoisotopic (exact) mass is 368 g/mol. The zero-order chi connectivity index (χ0) is 18.5. The number of amides is 1. The Labute approximate surface area is 156 Å². The van der Waals surface area contributed by atoms with Crippen LogP contribution < -0.4 is 15.5 Å². The lowest BCUT2D eigenvalue weighted by molar-refractivity contribution is -0.118. The normalized spacial score (nSPS) is 13.4. The average Bonchev–Trinajstić information content (AvgIpc) is 2.77. The van der Waals surface area contributed by atoms with Crippen LogP contribution in [-0.2, 0) is 11.2 Å². The molecular weight excluding hydrogens is 351 g/mol. The number of nitrogens with one attached hydrogen (secondary N) is 2. The largest absolute Gasteiger partial charge is 0.332 e. The van der Waals surface area contributed by atoms with Crippen LogP contribution in [0.5, 0.6) is 0 Å². The van der Waals surface area contributed by atoms with E-state index in [1.807, 2.05) is 24.3 Å².